The zero-order chi connectivity index (χ0) is 16.5. The van der Waals surface area contributed by atoms with Crippen molar-refractivity contribution in [3.05, 3.63) is 24.0 Å². The highest BCUT2D eigenvalue weighted by atomic mass is 19.3. The number of piperidine rings is 1. The number of alkyl halides is 2. The van der Waals surface area contributed by atoms with Crippen molar-refractivity contribution >= 4 is 11.6 Å². The van der Waals surface area contributed by atoms with Gasteiger partial charge in [0.15, 0.2) is 0 Å². The van der Waals surface area contributed by atoms with Crippen molar-refractivity contribution in [1.29, 1.82) is 0 Å². The number of pyridine rings is 1. The molecule has 0 aliphatic carbocycles. The van der Waals surface area contributed by atoms with Crippen molar-refractivity contribution in [3.8, 4) is 0 Å². The Morgan fingerprint density at radius 1 is 1.43 bits per heavy atom. The Kier molecular flexibility index (Phi) is 4.33. The molecule has 7 heteroatoms. The number of anilines is 1. The van der Waals surface area contributed by atoms with E-state index in [0.29, 0.717) is 18.7 Å². The average Bonchev–Trinajstić information content (AvgIpc) is 2.91. The van der Waals surface area contributed by atoms with Gasteiger partial charge in [-0.1, -0.05) is 0 Å². The fraction of sp³-hybridized carbons (Fsp3) is 0.625. The van der Waals surface area contributed by atoms with Gasteiger partial charge in [-0.25, -0.2) is 8.78 Å². The molecule has 0 bridgehead atoms. The lowest BCUT2D eigenvalue weighted by atomic mass is 9.86. The van der Waals surface area contributed by atoms with Gasteiger partial charge in [0.25, 0.3) is 5.92 Å². The monoisotopic (exact) mass is 325 g/mol. The minimum atomic E-state index is -2.98. The van der Waals surface area contributed by atoms with E-state index in [1.165, 1.54) is 12.3 Å². The maximum Gasteiger partial charge on any atom is 0.272 e. The van der Waals surface area contributed by atoms with Crippen LogP contribution < -0.4 is 10.6 Å². The third-order valence-corrected chi connectivity index (χ3v) is 4.61. The fourth-order valence-electron chi connectivity index (χ4n) is 3.24. The molecule has 1 aromatic rings. The largest absolute Gasteiger partial charge is 0.374 e. The summed E-state index contributed by atoms with van der Waals surface area (Å²) in [6, 6.07) is 1.26. The molecular formula is C16H21F2N3O2. The summed E-state index contributed by atoms with van der Waals surface area (Å²) >= 11 is 0. The highest BCUT2D eigenvalue weighted by molar-refractivity contribution is 5.92. The van der Waals surface area contributed by atoms with Gasteiger partial charge in [0.2, 0.25) is 5.91 Å². The number of rotatable bonds is 3. The highest BCUT2D eigenvalue weighted by Crippen LogP contribution is 2.37. The molecule has 23 heavy (non-hydrogen) atoms. The van der Waals surface area contributed by atoms with Crippen molar-refractivity contribution in [2.24, 2.45) is 5.92 Å². The molecule has 5 nitrogen and oxygen atoms in total. The first-order chi connectivity index (χ1) is 10.9. The Morgan fingerprint density at radius 2 is 2.17 bits per heavy atom. The predicted molar refractivity (Wildman–Crippen MR) is 81.3 cm³/mol. The zero-order valence-electron chi connectivity index (χ0n) is 13.1. The molecule has 1 amide bonds. The predicted octanol–water partition coefficient (Wildman–Crippen LogP) is 2.29. The van der Waals surface area contributed by atoms with Gasteiger partial charge in [0.05, 0.1) is 30.0 Å². The first-order valence-corrected chi connectivity index (χ1v) is 7.87. The number of carbonyl (C=O) groups is 1. The van der Waals surface area contributed by atoms with E-state index in [-0.39, 0.29) is 23.0 Å². The van der Waals surface area contributed by atoms with Crippen LogP contribution in [0, 0.1) is 5.92 Å². The number of hydrogen-bond donors (Lipinski definition) is 2. The second-order valence-corrected chi connectivity index (χ2v) is 6.48. The second-order valence-electron chi connectivity index (χ2n) is 6.48. The Balaban J connectivity index is 1.64. The van der Waals surface area contributed by atoms with E-state index in [4.69, 9.17) is 4.74 Å². The zero-order valence-corrected chi connectivity index (χ0v) is 13.1. The third-order valence-electron chi connectivity index (χ3n) is 4.61. The van der Waals surface area contributed by atoms with Crippen LogP contribution in [0.5, 0.6) is 0 Å². The maximum absolute atomic E-state index is 13.3. The van der Waals surface area contributed by atoms with Crippen molar-refractivity contribution in [2.45, 2.75) is 37.7 Å². The molecule has 1 aromatic heterocycles. The van der Waals surface area contributed by atoms with Crippen LogP contribution >= 0.6 is 0 Å². The van der Waals surface area contributed by atoms with Gasteiger partial charge >= 0.3 is 0 Å². The Hall–Kier alpha value is -1.60. The van der Waals surface area contributed by atoms with E-state index in [1.54, 1.807) is 0 Å². The molecular weight excluding hydrogens is 304 g/mol. The number of nitrogens with one attached hydrogen (secondary N) is 2. The average molecular weight is 325 g/mol. The number of ether oxygens (including phenoxy) is 1. The third kappa shape index (κ3) is 3.67. The van der Waals surface area contributed by atoms with Crippen LogP contribution in [0.3, 0.4) is 0 Å². The summed E-state index contributed by atoms with van der Waals surface area (Å²) in [5.41, 5.74) is -0.128. The number of hydrogen-bond acceptors (Lipinski definition) is 4. The summed E-state index contributed by atoms with van der Waals surface area (Å²) in [5.74, 6) is -3.43. The van der Waals surface area contributed by atoms with Crippen molar-refractivity contribution in [1.82, 2.24) is 10.3 Å². The summed E-state index contributed by atoms with van der Waals surface area (Å²) in [6.07, 6.45) is 4.96. The summed E-state index contributed by atoms with van der Waals surface area (Å²) in [6.45, 7) is 2.97. The topological polar surface area (TPSA) is 63.2 Å². The van der Waals surface area contributed by atoms with Crippen LogP contribution in [-0.4, -0.2) is 36.2 Å². The molecule has 3 heterocycles. The van der Waals surface area contributed by atoms with E-state index in [0.717, 1.165) is 39.1 Å². The van der Waals surface area contributed by atoms with Crippen molar-refractivity contribution in [3.63, 3.8) is 0 Å². The molecule has 0 aromatic carbocycles. The van der Waals surface area contributed by atoms with E-state index in [9.17, 15) is 13.6 Å². The SMILES string of the molecule is CC(F)(F)c1cncc(NC(=O)C2COC3(CCNCC3)C2)c1. The normalized spacial score (nSPS) is 23.9. The molecule has 2 aliphatic rings. The van der Waals surface area contributed by atoms with Gasteiger partial charge in [-0.2, -0.15) is 0 Å². The molecule has 2 aliphatic heterocycles. The van der Waals surface area contributed by atoms with Crippen molar-refractivity contribution < 1.29 is 18.3 Å². The molecule has 1 spiro atoms. The Labute approximate surface area is 133 Å². The standard InChI is InChI=1S/C16H21F2N3O2/c1-15(17,18)12-6-13(9-20-8-12)21-14(22)11-7-16(23-10-11)2-4-19-5-3-16/h6,8-9,11,19H,2-5,7,10H2,1H3,(H,21,22). The van der Waals surface area contributed by atoms with Gasteiger partial charge in [0.1, 0.15) is 0 Å². The molecule has 0 radical (unpaired) electrons. The minimum absolute atomic E-state index is 0.196. The van der Waals surface area contributed by atoms with Gasteiger partial charge in [0, 0.05) is 18.7 Å². The Morgan fingerprint density at radius 3 is 2.87 bits per heavy atom. The first-order valence-electron chi connectivity index (χ1n) is 7.87. The molecule has 2 fully saturated rings. The molecule has 2 N–H and O–H groups in total. The quantitative estimate of drug-likeness (QED) is 0.895. The van der Waals surface area contributed by atoms with Gasteiger partial charge in [-0.05, 0) is 38.4 Å². The first kappa shape index (κ1) is 16.3. The summed E-state index contributed by atoms with van der Waals surface area (Å²) < 4.78 is 32.6. The molecule has 2 saturated heterocycles. The number of amides is 1. The summed E-state index contributed by atoms with van der Waals surface area (Å²) in [4.78, 5) is 16.2. The molecule has 126 valence electrons. The van der Waals surface area contributed by atoms with Crippen molar-refractivity contribution in [2.75, 3.05) is 25.0 Å². The minimum Gasteiger partial charge on any atom is -0.374 e. The lowest BCUT2D eigenvalue weighted by Crippen LogP contribution is -2.41. The molecule has 0 saturated carbocycles. The van der Waals surface area contributed by atoms with Gasteiger partial charge in [-0.15, -0.1) is 0 Å². The smallest absolute Gasteiger partial charge is 0.272 e. The fourth-order valence-corrected chi connectivity index (χ4v) is 3.24. The number of aromatic nitrogens is 1. The number of carbonyl (C=O) groups excluding carboxylic acids is 1. The molecule has 1 unspecified atom stereocenters. The van der Waals surface area contributed by atoms with Crippen LogP contribution in [0.4, 0.5) is 14.5 Å². The number of halogens is 2. The summed E-state index contributed by atoms with van der Waals surface area (Å²) in [7, 11) is 0. The van der Waals surface area contributed by atoms with E-state index in [1.807, 2.05) is 0 Å². The highest BCUT2D eigenvalue weighted by Gasteiger charge is 2.43. The summed E-state index contributed by atoms with van der Waals surface area (Å²) in [5, 5.41) is 5.97. The lowest BCUT2D eigenvalue weighted by molar-refractivity contribution is -0.119. The van der Waals surface area contributed by atoms with Gasteiger partial charge in [-0.3, -0.25) is 9.78 Å². The van der Waals surface area contributed by atoms with Crippen LogP contribution in [0.1, 0.15) is 31.7 Å². The Bertz CT molecular complexity index is 583. The van der Waals surface area contributed by atoms with E-state index >= 15 is 0 Å². The van der Waals surface area contributed by atoms with Gasteiger partial charge < -0.3 is 15.4 Å². The van der Waals surface area contributed by atoms with Crippen LogP contribution in [0.15, 0.2) is 18.5 Å². The van der Waals surface area contributed by atoms with Crippen LogP contribution in [-0.2, 0) is 15.5 Å². The second kappa shape index (κ2) is 6.13. The van der Waals surface area contributed by atoms with E-state index < -0.39 is 5.92 Å². The lowest BCUT2D eigenvalue weighted by Gasteiger charge is -2.32. The van der Waals surface area contributed by atoms with Crippen LogP contribution in [0.25, 0.3) is 0 Å². The number of nitrogens with zero attached hydrogens (tertiary/aromatic N) is 1. The van der Waals surface area contributed by atoms with E-state index in [2.05, 4.69) is 15.6 Å². The van der Waals surface area contributed by atoms with Crippen LogP contribution in [0.2, 0.25) is 0 Å². The maximum atomic E-state index is 13.3. The molecule has 3 rings (SSSR count). The molecule has 1 atom stereocenters.